The zero-order valence-electron chi connectivity index (χ0n) is 10.5. The molecule has 0 saturated carbocycles. The minimum atomic E-state index is -0.0454. The highest BCUT2D eigenvalue weighted by molar-refractivity contribution is 5.41. The predicted octanol–water partition coefficient (Wildman–Crippen LogP) is 1.89. The second-order valence-electron chi connectivity index (χ2n) is 5.60. The number of ether oxygens (including phenoxy) is 2. The predicted molar refractivity (Wildman–Crippen MR) is 66.3 cm³/mol. The Morgan fingerprint density at radius 2 is 2.18 bits per heavy atom. The number of hydrogen-bond donors (Lipinski definition) is 1. The average Bonchev–Trinajstić information content (AvgIpc) is 2.48. The smallest absolute Gasteiger partial charge is 0.123 e. The number of hydrogen-bond acceptors (Lipinski definition) is 3. The van der Waals surface area contributed by atoms with Gasteiger partial charge in [0.15, 0.2) is 0 Å². The van der Waals surface area contributed by atoms with Crippen molar-refractivity contribution in [3.8, 4) is 5.75 Å². The summed E-state index contributed by atoms with van der Waals surface area (Å²) < 4.78 is 11.0. The molecule has 0 amide bonds. The van der Waals surface area contributed by atoms with Gasteiger partial charge in [0, 0.05) is 13.0 Å². The standard InChI is InChI=1S/C14H19NO2/c1-14(2)6-11-5-10(3-4-13(11)17-14)7-15-12-8-16-9-12/h3-5,12,15H,6-9H2,1-2H3. The van der Waals surface area contributed by atoms with Crippen LogP contribution in [0.15, 0.2) is 18.2 Å². The first-order chi connectivity index (χ1) is 8.12. The molecule has 0 radical (unpaired) electrons. The fourth-order valence-electron chi connectivity index (χ4n) is 2.39. The van der Waals surface area contributed by atoms with Crippen molar-refractivity contribution in [3.05, 3.63) is 29.3 Å². The van der Waals surface area contributed by atoms with Crippen LogP contribution >= 0.6 is 0 Å². The Morgan fingerprint density at radius 3 is 2.88 bits per heavy atom. The van der Waals surface area contributed by atoms with Gasteiger partial charge >= 0.3 is 0 Å². The molecular formula is C14H19NO2. The lowest BCUT2D eigenvalue weighted by Gasteiger charge is -2.27. The van der Waals surface area contributed by atoms with Crippen molar-refractivity contribution in [3.63, 3.8) is 0 Å². The van der Waals surface area contributed by atoms with E-state index >= 15 is 0 Å². The fraction of sp³-hybridized carbons (Fsp3) is 0.571. The molecular weight excluding hydrogens is 214 g/mol. The monoisotopic (exact) mass is 233 g/mol. The Kier molecular flexibility index (Phi) is 2.60. The van der Waals surface area contributed by atoms with Crippen LogP contribution in [0.3, 0.4) is 0 Å². The highest BCUT2D eigenvalue weighted by Crippen LogP contribution is 2.35. The van der Waals surface area contributed by atoms with E-state index in [1.165, 1.54) is 11.1 Å². The second kappa shape index (κ2) is 4.00. The van der Waals surface area contributed by atoms with Crippen molar-refractivity contribution in [2.45, 2.75) is 38.5 Å². The van der Waals surface area contributed by atoms with Gasteiger partial charge in [0.05, 0.1) is 19.3 Å². The van der Waals surface area contributed by atoms with Gasteiger partial charge in [-0.15, -0.1) is 0 Å². The highest BCUT2D eigenvalue weighted by atomic mass is 16.5. The van der Waals surface area contributed by atoms with Crippen molar-refractivity contribution in [2.24, 2.45) is 0 Å². The third-order valence-electron chi connectivity index (χ3n) is 3.36. The molecule has 0 aliphatic carbocycles. The molecule has 1 saturated heterocycles. The quantitative estimate of drug-likeness (QED) is 0.864. The van der Waals surface area contributed by atoms with Crippen LogP contribution in [0, 0.1) is 0 Å². The molecule has 2 heterocycles. The van der Waals surface area contributed by atoms with Crippen LogP contribution in [0.25, 0.3) is 0 Å². The molecule has 1 aromatic rings. The number of rotatable bonds is 3. The third-order valence-corrected chi connectivity index (χ3v) is 3.36. The second-order valence-corrected chi connectivity index (χ2v) is 5.60. The van der Waals surface area contributed by atoms with E-state index in [1.807, 2.05) is 0 Å². The Bertz CT molecular complexity index is 424. The van der Waals surface area contributed by atoms with E-state index in [9.17, 15) is 0 Å². The summed E-state index contributed by atoms with van der Waals surface area (Å²) in [6.07, 6.45) is 1.00. The zero-order chi connectivity index (χ0) is 11.9. The molecule has 2 aliphatic heterocycles. The lowest BCUT2D eigenvalue weighted by Crippen LogP contribution is -2.45. The summed E-state index contributed by atoms with van der Waals surface area (Å²) in [6, 6.07) is 7.04. The van der Waals surface area contributed by atoms with Crippen molar-refractivity contribution in [1.29, 1.82) is 0 Å². The minimum absolute atomic E-state index is 0.0454. The summed E-state index contributed by atoms with van der Waals surface area (Å²) in [5.41, 5.74) is 2.62. The first-order valence-corrected chi connectivity index (χ1v) is 6.24. The van der Waals surface area contributed by atoms with Gasteiger partial charge in [-0.05, 0) is 31.0 Å². The van der Waals surface area contributed by atoms with Gasteiger partial charge in [0.1, 0.15) is 11.4 Å². The van der Waals surface area contributed by atoms with Crippen LogP contribution in [0.5, 0.6) is 5.75 Å². The van der Waals surface area contributed by atoms with Crippen LogP contribution < -0.4 is 10.1 Å². The Hall–Kier alpha value is -1.06. The van der Waals surface area contributed by atoms with Crippen molar-refractivity contribution >= 4 is 0 Å². The molecule has 0 aromatic heterocycles. The third kappa shape index (κ3) is 2.31. The van der Waals surface area contributed by atoms with E-state index in [0.29, 0.717) is 6.04 Å². The molecule has 0 bridgehead atoms. The van der Waals surface area contributed by atoms with Crippen LogP contribution in [0.1, 0.15) is 25.0 Å². The molecule has 1 fully saturated rings. The van der Waals surface area contributed by atoms with E-state index in [-0.39, 0.29) is 5.60 Å². The summed E-state index contributed by atoms with van der Waals surface area (Å²) in [7, 11) is 0. The maximum Gasteiger partial charge on any atom is 0.123 e. The number of fused-ring (bicyclic) bond motifs is 1. The van der Waals surface area contributed by atoms with Crippen molar-refractivity contribution in [1.82, 2.24) is 5.32 Å². The Balaban J connectivity index is 1.67. The Morgan fingerprint density at radius 1 is 1.35 bits per heavy atom. The van der Waals surface area contributed by atoms with E-state index in [4.69, 9.17) is 9.47 Å². The van der Waals surface area contributed by atoms with Crippen LogP contribution in [0.4, 0.5) is 0 Å². The molecule has 3 rings (SSSR count). The first kappa shape index (κ1) is 11.1. The summed E-state index contributed by atoms with van der Waals surface area (Å²) >= 11 is 0. The molecule has 2 aliphatic rings. The normalized spacial score (nSPS) is 21.8. The van der Waals surface area contributed by atoms with Gasteiger partial charge in [-0.3, -0.25) is 0 Å². The summed E-state index contributed by atoms with van der Waals surface area (Å²) in [4.78, 5) is 0. The molecule has 0 unspecified atom stereocenters. The number of nitrogens with one attached hydrogen (secondary N) is 1. The minimum Gasteiger partial charge on any atom is -0.487 e. The molecule has 0 spiro atoms. The van der Waals surface area contributed by atoms with Crippen molar-refractivity contribution < 1.29 is 9.47 Å². The average molecular weight is 233 g/mol. The van der Waals surface area contributed by atoms with Crippen molar-refractivity contribution in [2.75, 3.05) is 13.2 Å². The first-order valence-electron chi connectivity index (χ1n) is 6.24. The molecule has 1 N–H and O–H groups in total. The molecule has 3 nitrogen and oxygen atoms in total. The largest absolute Gasteiger partial charge is 0.487 e. The van der Waals surface area contributed by atoms with E-state index < -0.39 is 0 Å². The lowest BCUT2D eigenvalue weighted by atomic mass is 10.00. The van der Waals surface area contributed by atoms with E-state index in [0.717, 1.165) is 31.9 Å². The van der Waals surface area contributed by atoms with Gasteiger partial charge in [-0.2, -0.15) is 0 Å². The van der Waals surface area contributed by atoms with E-state index in [2.05, 4.69) is 37.4 Å². The Labute approximate surface area is 102 Å². The maximum absolute atomic E-state index is 5.87. The number of benzene rings is 1. The molecule has 3 heteroatoms. The van der Waals surface area contributed by atoms with Gasteiger partial charge in [0.2, 0.25) is 0 Å². The zero-order valence-corrected chi connectivity index (χ0v) is 10.5. The molecule has 1 aromatic carbocycles. The summed E-state index contributed by atoms with van der Waals surface area (Å²) in [6.45, 7) is 6.89. The van der Waals surface area contributed by atoms with Crippen LogP contribution in [-0.4, -0.2) is 24.9 Å². The van der Waals surface area contributed by atoms with Gasteiger partial charge in [-0.25, -0.2) is 0 Å². The van der Waals surface area contributed by atoms with Crippen LogP contribution in [-0.2, 0) is 17.7 Å². The van der Waals surface area contributed by atoms with Crippen LogP contribution in [0.2, 0.25) is 0 Å². The lowest BCUT2D eigenvalue weighted by molar-refractivity contribution is -0.00578. The molecule has 92 valence electrons. The fourth-order valence-corrected chi connectivity index (χ4v) is 2.39. The summed E-state index contributed by atoms with van der Waals surface area (Å²) in [5, 5.41) is 3.48. The maximum atomic E-state index is 5.87. The van der Waals surface area contributed by atoms with Gasteiger partial charge in [0.25, 0.3) is 0 Å². The van der Waals surface area contributed by atoms with Gasteiger partial charge < -0.3 is 14.8 Å². The SMILES string of the molecule is CC1(C)Cc2cc(CNC3COC3)ccc2O1. The molecule has 0 atom stereocenters. The highest BCUT2D eigenvalue weighted by Gasteiger charge is 2.29. The molecule has 17 heavy (non-hydrogen) atoms. The summed E-state index contributed by atoms with van der Waals surface area (Å²) in [5.74, 6) is 1.05. The van der Waals surface area contributed by atoms with Gasteiger partial charge in [-0.1, -0.05) is 12.1 Å². The topological polar surface area (TPSA) is 30.5 Å². The van der Waals surface area contributed by atoms with E-state index in [1.54, 1.807) is 0 Å².